The van der Waals surface area contributed by atoms with E-state index in [9.17, 15) is 4.79 Å². The van der Waals surface area contributed by atoms with Crippen LogP contribution in [0.5, 0.6) is 0 Å². The molecule has 3 N–H and O–H groups in total. The molecule has 16 heavy (non-hydrogen) atoms. The smallest absolute Gasteiger partial charge is 0.224 e. The van der Waals surface area contributed by atoms with Crippen LogP contribution in [-0.2, 0) is 4.79 Å². The number of amides is 1. The Hall–Kier alpha value is -0.570. The van der Waals surface area contributed by atoms with Gasteiger partial charge in [0.15, 0.2) is 0 Å². The van der Waals surface area contributed by atoms with Crippen molar-refractivity contribution in [2.24, 2.45) is 22.5 Å². The van der Waals surface area contributed by atoms with Crippen molar-refractivity contribution < 1.29 is 4.79 Å². The maximum atomic E-state index is 12.1. The summed E-state index contributed by atoms with van der Waals surface area (Å²) in [4.78, 5) is 12.1. The minimum absolute atomic E-state index is 0.112. The number of hydrogen-bond donors (Lipinski definition) is 2. The molecule has 0 radical (unpaired) electrons. The summed E-state index contributed by atoms with van der Waals surface area (Å²) >= 11 is 0. The Bertz CT molecular complexity index is 302. The van der Waals surface area contributed by atoms with Crippen LogP contribution in [0.2, 0.25) is 0 Å². The zero-order valence-electron chi connectivity index (χ0n) is 10.9. The number of carbonyl (C=O) groups excluding carboxylic acids is 1. The summed E-state index contributed by atoms with van der Waals surface area (Å²) in [5, 5.41) is 3.03. The zero-order chi connectivity index (χ0) is 12.2. The van der Waals surface area contributed by atoms with Crippen molar-refractivity contribution in [2.75, 3.05) is 6.54 Å². The van der Waals surface area contributed by atoms with Gasteiger partial charge in [-0.15, -0.1) is 0 Å². The Labute approximate surface area is 98.2 Å². The molecule has 2 saturated carbocycles. The van der Waals surface area contributed by atoms with Gasteiger partial charge in [0, 0.05) is 18.0 Å². The quantitative estimate of drug-likeness (QED) is 0.766. The SMILES string of the molecule is CC1(C)C(C(=O)NCC2(N)CCC2)C1(C)C. The monoisotopic (exact) mass is 224 g/mol. The standard InChI is InChI=1S/C13H24N2O/c1-11(2)9(12(11,3)4)10(16)15-8-13(14)6-5-7-13/h9H,5-8,14H2,1-4H3,(H,15,16). The Balaban J connectivity index is 1.86. The molecule has 2 aliphatic carbocycles. The Morgan fingerprint density at radius 2 is 1.75 bits per heavy atom. The first-order valence-electron chi connectivity index (χ1n) is 6.27. The highest BCUT2D eigenvalue weighted by Crippen LogP contribution is 2.68. The van der Waals surface area contributed by atoms with E-state index in [1.165, 1.54) is 6.42 Å². The summed E-state index contributed by atoms with van der Waals surface area (Å²) in [5.74, 6) is 0.329. The van der Waals surface area contributed by atoms with Crippen LogP contribution in [0.15, 0.2) is 0 Å². The first-order chi connectivity index (χ1) is 7.21. The highest BCUT2D eigenvalue weighted by molar-refractivity contribution is 5.84. The fraction of sp³-hybridized carbons (Fsp3) is 0.923. The number of hydrogen-bond acceptors (Lipinski definition) is 2. The zero-order valence-corrected chi connectivity index (χ0v) is 10.9. The number of carbonyl (C=O) groups is 1. The predicted octanol–water partition coefficient (Wildman–Crippen LogP) is 1.67. The number of rotatable bonds is 3. The van der Waals surface area contributed by atoms with Crippen LogP contribution in [0, 0.1) is 16.7 Å². The molecule has 0 spiro atoms. The fourth-order valence-electron chi connectivity index (χ4n) is 3.02. The molecular weight excluding hydrogens is 200 g/mol. The average Bonchev–Trinajstić information content (AvgIpc) is 2.51. The van der Waals surface area contributed by atoms with Crippen LogP contribution in [0.3, 0.4) is 0 Å². The van der Waals surface area contributed by atoms with E-state index in [1.54, 1.807) is 0 Å². The molecule has 2 fully saturated rings. The Morgan fingerprint density at radius 3 is 2.06 bits per heavy atom. The van der Waals surface area contributed by atoms with Gasteiger partial charge in [0.2, 0.25) is 5.91 Å². The molecular formula is C13H24N2O. The summed E-state index contributed by atoms with van der Waals surface area (Å²) < 4.78 is 0. The van der Waals surface area contributed by atoms with Crippen LogP contribution in [0.4, 0.5) is 0 Å². The minimum atomic E-state index is -0.112. The van der Waals surface area contributed by atoms with Gasteiger partial charge in [0.25, 0.3) is 0 Å². The summed E-state index contributed by atoms with van der Waals surface area (Å²) in [5.41, 5.74) is 6.23. The highest BCUT2D eigenvalue weighted by Gasteiger charge is 2.68. The molecule has 0 aromatic rings. The summed E-state index contributed by atoms with van der Waals surface area (Å²) in [6.07, 6.45) is 3.29. The molecule has 0 aliphatic heterocycles. The van der Waals surface area contributed by atoms with Crippen molar-refractivity contribution in [3.05, 3.63) is 0 Å². The van der Waals surface area contributed by atoms with E-state index in [-0.39, 0.29) is 28.2 Å². The maximum absolute atomic E-state index is 12.1. The van der Waals surface area contributed by atoms with E-state index in [1.807, 2.05) is 0 Å². The van der Waals surface area contributed by atoms with Crippen LogP contribution in [0.1, 0.15) is 47.0 Å². The lowest BCUT2D eigenvalue weighted by Gasteiger charge is -2.38. The van der Waals surface area contributed by atoms with E-state index in [4.69, 9.17) is 5.73 Å². The van der Waals surface area contributed by atoms with Crippen molar-refractivity contribution in [3.63, 3.8) is 0 Å². The van der Waals surface area contributed by atoms with Gasteiger partial charge >= 0.3 is 0 Å². The van der Waals surface area contributed by atoms with Crippen molar-refractivity contribution in [1.82, 2.24) is 5.32 Å². The molecule has 92 valence electrons. The lowest BCUT2D eigenvalue weighted by Crippen LogP contribution is -2.55. The van der Waals surface area contributed by atoms with E-state index >= 15 is 0 Å². The molecule has 0 aromatic heterocycles. The van der Waals surface area contributed by atoms with Gasteiger partial charge in [0.1, 0.15) is 0 Å². The van der Waals surface area contributed by atoms with Crippen molar-refractivity contribution in [3.8, 4) is 0 Å². The largest absolute Gasteiger partial charge is 0.354 e. The van der Waals surface area contributed by atoms with Gasteiger partial charge in [-0.25, -0.2) is 0 Å². The molecule has 3 nitrogen and oxygen atoms in total. The van der Waals surface area contributed by atoms with Gasteiger partial charge < -0.3 is 11.1 Å². The molecule has 0 bridgehead atoms. The molecule has 0 atom stereocenters. The lowest BCUT2D eigenvalue weighted by atomic mass is 9.78. The maximum Gasteiger partial charge on any atom is 0.224 e. The third-order valence-electron chi connectivity index (χ3n) is 5.25. The first-order valence-corrected chi connectivity index (χ1v) is 6.27. The van der Waals surface area contributed by atoms with Gasteiger partial charge in [-0.1, -0.05) is 27.7 Å². The van der Waals surface area contributed by atoms with E-state index in [2.05, 4.69) is 33.0 Å². The number of nitrogens with one attached hydrogen (secondary N) is 1. The predicted molar refractivity (Wildman–Crippen MR) is 64.8 cm³/mol. The summed E-state index contributed by atoms with van der Waals surface area (Å²) in [6.45, 7) is 9.31. The minimum Gasteiger partial charge on any atom is -0.354 e. The second kappa shape index (κ2) is 3.22. The molecule has 0 aromatic carbocycles. The van der Waals surface area contributed by atoms with Crippen molar-refractivity contribution in [2.45, 2.75) is 52.5 Å². The third kappa shape index (κ3) is 1.56. The molecule has 0 saturated heterocycles. The molecule has 1 amide bonds. The van der Waals surface area contributed by atoms with Crippen LogP contribution in [-0.4, -0.2) is 18.0 Å². The van der Waals surface area contributed by atoms with Gasteiger partial charge in [-0.2, -0.15) is 0 Å². The van der Waals surface area contributed by atoms with E-state index < -0.39 is 0 Å². The molecule has 0 heterocycles. The Kier molecular flexibility index (Phi) is 2.40. The normalized spacial score (nSPS) is 29.3. The third-order valence-corrected chi connectivity index (χ3v) is 5.25. The van der Waals surface area contributed by atoms with Crippen LogP contribution in [0.25, 0.3) is 0 Å². The Morgan fingerprint density at radius 1 is 1.25 bits per heavy atom. The van der Waals surface area contributed by atoms with Crippen molar-refractivity contribution >= 4 is 5.91 Å². The lowest BCUT2D eigenvalue weighted by molar-refractivity contribution is -0.123. The van der Waals surface area contributed by atoms with Gasteiger partial charge in [0.05, 0.1) is 0 Å². The van der Waals surface area contributed by atoms with Crippen LogP contribution < -0.4 is 11.1 Å². The van der Waals surface area contributed by atoms with Crippen molar-refractivity contribution in [1.29, 1.82) is 0 Å². The van der Waals surface area contributed by atoms with E-state index in [0.717, 1.165) is 12.8 Å². The second-order valence-electron chi connectivity index (χ2n) is 6.81. The van der Waals surface area contributed by atoms with E-state index in [0.29, 0.717) is 6.54 Å². The number of nitrogens with two attached hydrogens (primary N) is 1. The molecule has 2 aliphatic rings. The van der Waals surface area contributed by atoms with Gasteiger partial charge in [-0.05, 0) is 30.1 Å². The van der Waals surface area contributed by atoms with Crippen LogP contribution >= 0.6 is 0 Å². The molecule has 2 rings (SSSR count). The molecule has 3 heteroatoms. The first kappa shape index (κ1) is 11.9. The summed E-state index contributed by atoms with van der Waals surface area (Å²) in [6, 6.07) is 0. The average molecular weight is 224 g/mol. The topological polar surface area (TPSA) is 55.1 Å². The highest BCUT2D eigenvalue weighted by atomic mass is 16.2. The fourth-order valence-corrected chi connectivity index (χ4v) is 3.02. The second-order valence-corrected chi connectivity index (χ2v) is 6.81. The summed E-state index contributed by atoms with van der Waals surface area (Å²) in [7, 11) is 0. The molecule has 0 unspecified atom stereocenters. The van der Waals surface area contributed by atoms with Gasteiger partial charge in [-0.3, -0.25) is 4.79 Å².